The molecule has 1 aromatic carbocycles. The van der Waals surface area contributed by atoms with Gasteiger partial charge in [0.1, 0.15) is 11.6 Å². The number of hydrogen-bond acceptors (Lipinski definition) is 5. The van der Waals surface area contributed by atoms with Gasteiger partial charge < -0.3 is 10.1 Å². The summed E-state index contributed by atoms with van der Waals surface area (Å²) in [5, 5.41) is 5.72. The van der Waals surface area contributed by atoms with Crippen LogP contribution in [0.15, 0.2) is 29.1 Å². The molecular formula is C18H21N3O3S2. The van der Waals surface area contributed by atoms with Crippen molar-refractivity contribution in [1.82, 2.24) is 9.78 Å². The van der Waals surface area contributed by atoms with Gasteiger partial charge in [0.2, 0.25) is 5.91 Å². The molecule has 1 fully saturated rings. The normalized spacial score (nSPS) is 21.0. The van der Waals surface area contributed by atoms with E-state index < -0.39 is 0 Å². The number of hydrogen-bond donors (Lipinski definition) is 2. The first-order valence-corrected chi connectivity index (χ1v) is 10.9. The molecule has 0 radical (unpaired) electrons. The third-order valence-corrected chi connectivity index (χ3v) is 7.14. The van der Waals surface area contributed by atoms with Crippen molar-refractivity contribution in [3.05, 3.63) is 45.7 Å². The molecule has 2 aliphatic heterocycles. The van der Waals surface area contributed by atoms with E-state index in [-0.39, 0.29) is 22.8 Å². The van der Waals surface area contributed by atoms with E-state index in [0.29, 0.717) is 17.1 Å². The Hall–Kier alpha value is -1.80. The van der Waals surface area contributed by atoms with Gasteiger partial charge in [-0.2, -0.15) is 11.8 Å². The minimum Gasteiger partial charge on any atom is -0.496 e. The zero-order chi connectivity index (χ0) is 18.1. The average Bonchev–Trinajstić information content (AvgIpc) is 2.88. The number of benzene rings is 1. The number of para-hydroxylation sites is 1. The van der Waals surface area contributed by atoms with Crippen molar-refractivity contribution in [3.8, 4) is 5.75 Å². The fourth-order valence-electron chi connectivity index (χ4n) is 3.59. The summed E-state index contributed by atoms with van der Waals surface area (Å²) in [7, 11) is 1.62. The Kier molecular flexibility index (Phi) is 5.04. The fourth-order valence-corrected chi connectivity index (χ4v) is 5.82. The van der Waals surface area contributed by atoms with Crippen LogP contribution in [0.4, 0.5) is 5.82 Å². The van der Waals surface area contributed by atoms with Crippen molar-refractivity contribution in [2.75, 3.05) is 29.7 Å². The van der Waals surface area contributed by atoms with Crippen LogP contribution in [0.3, 0.4) is 0 Å². The van der Waals surface area contributed by atoms with Crippen LogP contribution in [0.25, 0.3) is 0 Å². The van der Waals surface area contributed by atoms with E-state index in [9.17, 15) is 9.59 Å². The van der Waals surface area contributed by atoms with Gasteiger partial charge in [-0.05, 0) is 30.4 Å². The summed E-state index contributed by atoms with van der Waals surface area (Å²) in [6.45, 7) is 0. The Morgan fingerprint density at radius 2 is 1.96 bits per heavy atom. The lowest BCUT2D eigenvalue weighted by atomic mass is 10.0. The van der Waals surface area contributed by atoms with Crippen LogP contribution in [0.1, 0.15) is 35.3 Å². The first kappa shape index (κ1) is 17.6. The highest BCUT2D eigenvalue weighted by Crippen LogP contribution is 2.44. The van der Waals surface area contributed by atoms with Gasteiger partial charge in [-0.25, -0.2) is 0 Å². The predicted octanol–water partition coefficient (Wildman–Crippen LogP) is 3.03. The molecule has 1 saturated heterocycles. The van der Waals surface area contributed by atoms with E-state index in [1.165, 1.54) is 11.8 Å². The summed E-state index contributed by atoms with van der Waals surface area (Å²) in [6, 6.07) is 7.91. The van der Waals surface area contributed by atoms with E-state index in [2.05, 4.69) is 10.4 Å². The van der Waals surface area contributed by atoms with Gasteiger partial charge in [0.15, 0.2) is 0 Å². The fraction of sp³-hybridized carbons (Fsp3) is 0.444. The summed E-state index contributed by atoms with van der Waals surface area (Å²) < 4.78 is 7.40. The van der Waals surface area contributed by atoms with Crippen molar-refractivity contribution in [1.29, 1.82) is 0 Å². The molecule has 2 N–H and O–H groups in total. The number of carbonyl (C=O) groups excluding carboxylic acids is 1. The smallest absolute Gasteiger partial charge is 0.270 e. The number of methoxy groups -OCH3 is 1. The van der Waals surface area contributed by atoms with Gasteiger partial charge in [-0.15, -0.1) is 11.8 Å². The summed E-state index contributed by atoms with van der Waals surface area (Å²) in [5.41, 5.74) is 1.40. The standard InChI is InChI=1S/C18H21N3O3S2/c1-24-13-5-3-2-4-12(13)16-15-17(19-14(22)10-26-16)21(20-18(15)23)11-6-8-25-9-7-11/h2-5,11,16H,6-10H2,1H3,(H,19,22)(H,20,23)/t16-/m1/s1. The van der Waals surface area contributed by atoms with Crippen molar-refractivity contribution in [3.63, 3.8) is 0 Å². The molecule has 138 valence electrons. The second kappa shape index (κ2) is 7.44. The molecule has 4 rings (SSSR count). The number of aromatic amines is 1. The highest BCUT2D eigenvalue weighted by molar-refractivity contribution is 8.00. The first-order valence-electron chi connectivity index (χ1n) is 8.65. The summed E-state index contributed by atoms with van der Waals surface area (Å²) in [5.74, 6) is 3.71. The quantitative estimate of drug-likeness (QED) is 0.841. The molecule has 0 bridgehead atoms. The van der Waals surface area contributed by atoms with Crippen LogP contribution in [0.2, 0.25) is 0 Å². The zero-order valence-electron chi connectivity index (χ0n) is 14.5. The topological polar surface area (TPSA) is 76.1 Å². The van der Waals surface area contributed by atoms with Crippen LogP contribution in [-0.2, 0) is 4.79 Å². The molecule has 0 aliphatic carbocycles. The third-order valence-electron chi connectivity index (χ3n) is 4.84. The second-order valence-electron chi connectivity index (χ2n) is 6.40. The number of aromatic nitrogens is 2. The number of anilines is 1. The lowest BCUT2D eigenvalue weighted by molar-refractivity contribution is -0.113. The average molecular weight is 392 g/mol. The maximum absolute atomic E-state index is 12.9. The molecule has 2 aromatic rings. The highest BCUT2D eigenvalue weighted by Gasteiger charge is 2.33. The van der Waals surface area contributed by atoms with Crippen molar-refractivity contribution in [2.24, 2.45) is 0 Å². The van der Waals surface area contributed by atoms with E-state index >= 15 is 0 Å². The van der Waals surface area contributed by atoms with Crippen molar-refractivity contribution >= 4 is 35.2 Å². The van der Waals surface area contributed by atoms with E-state index in [1.807, 2.05) is 40.7 Å². The highest BCUT2D eigenvalue weighted by atomic mass is 32.2. The lowest BCUT2D eigenvalue weighted by Crippen LogP contribution is -2.22. The Labute approximate surface area is 160 Å². The Morgan fingerprint density at radius 3 is 2.73 bits per heavy atom. The number of H-pyrrole nitrogens is 1. The SMILES string of the molecule is COc1ccccc1[C@H]1SCC(=O)Nc2c1c(=O)[nH]n2C1CCSCC1. The van der Waals surface area contributed by atoms with E-state index in [4.69, 9.17) is 4.74 Å². The Bertz CT molecular complexity index is 871. The first-order chi connectivity index (χ1) is 12.7. The van der Waals surface area contributed by atoms with E-state index in [1.54, 1.807) is 7.11 Å². The molecule has 8 heteroatoms. The second-order valence-corrected chi connectivity index (χ2v) is 8.72. The maximum Gasteiger partial charge on any atom is 0.270 e. The summed E-state index contributed by atoms with van der Waals surface area (Å²) in [6.07, 6.45) is 1.98. The molecule has 2 aliphatic rings. The number of amides is 1. The maximum atomic E-state index is 12.9. The number of nitrogens with one attached hydrogen (secondary N) is 2. The molecular weight excluding hydrogens is 370 g/mol. The van der Waals surface area contributed by atoms with Crippen LogP contribution in [0.5, 0.6) is 5.75 Å². The predicted molar refractivity (Wildman–Crippen MR) is 107 cm³/mol. The van der Waals surface area contributed by atoms with Gasteiger partial charge in [-0.1, -0.05) is 18.2 Å². The van der Waals surface area contributed by atoms with Crippen LogP contribution >= 0.6 is 23.5 Å². The van der Waals surface area contributed by atoms with Gasteiger partial charge >= 0.3 is 0 Å². The molecule has 1 amide bonds. The molecule has 3 heterocycles. The number of carbonyl (C=O) groups is 1. The lowest BCUT2D eigenvalue weighted by Gasteiger charge is -2.24. The molecule has 26 heavy (non-hydrogen) atoms. The molecule has 6 nitrogen and oxygen atoms in total. The van der Waals surface area contributed by atoms with Crippen molar-refractivity contribution < 1.29 is 9.53 Å². The van der Waals surface area contributed by atoms with Gasteiger partial charge in [0, 0.05) is 5.56 Å². The van der Waals surface area contributed by atoms with Gasteiger partial charge in [0.25, 0.3) is 5.56 Å². The minimum absolute atomic E-state index is 0.0772. The summed E-state index contributed by atoms with van der Waals surface area (Å²) >= 11 is 3.39. The third kappa shape index (κ3) is 3.16. The minimum atomic E-state index is -0.247. The number of fused-ring (bicyclic) bond motifs is 1. The van der Waals surface area contributed by atoms with Gasteiger partial charge in [-0.3, -0.25) is 19.4 Å². The molecule has 1 aromatic heterocycles. The Morgan fingerprint density at radius 1 is 1.19 bits per heavy atom. The largest absolute Gasteiger partial charge is 0.496 e. The summed E-state index contributed by atoms with van der Waals surface area (Å²) in [4.78, 5) is 25.2. The Balaban J connectivity index is 1.84. The van der Waals surface area contributed by atoms with Crippen LogP contribution < -0.4 is 15.6 Å². The van der Waals surface area contributed by atoms with Crippen LogP contribution in [0, 0.1) is 0 Å². The van der Waals surface area contributed by atoms with Crippen molar-refractivity contribution in [2.45, 2.75) is 24.1 Å². The monoisotopic (exact) mass is 391 g/mol. The molecule has 0 saturated carbocycles. The van der Waals surface area contributed by atoms with E-state index in [0.717, 1.165) is 35.7 Å². The molecule has 0 spiro atoms. The number of ether oxygens (including phenoxy) is 1. The van der Waals surface area contributed by atoms with Crippen LogP contribution in [-0.4, -0.2) is 40.1 Å². The van der Waals surface area contributed by atoms with Gasteiger partial charge in [0.05, 0.1) is 29.7 Å². The molecule has 0 unspecified atom stereocenters. The zero-order valence-corrected chi connectivity index (χ0v) is 16.1. The number of thioether (sulfide) groups is 2. The molecule has 1 atom stereocenters. The number of rotatable bonds is 3. The number of nitrogens with zero attached hydrogens (tertiary/aromatic N) is 1.